The molecule has 1 unspecified atom stereocenters. The smallest absolute Gasteiger partial charge is 0.225 e. The van der Waals surface area contributed by atoms with Crippen molar-refractivity contribution in [1.82, 2.24) is 15.5 Å². The van der Waals surface area contributed by atoms with E-state index in [4.69, 9.17) is 0 Å². The molecule has 0 saturated carbocycles. The van der Waals surface area contributed by atoms with E-state index in [2.05, 4.69) is 63.6 Å². The molecule has 1 amide bonds. The summed E-state index contributed by atoms with van der Waals surface area (Å²) >= 11 is 3.65. The third kappa shape index (κ3) is 6.62. The van der Waals surface area contributed by atoms with Crippen molar-refractivity contribution in [3.8, 4) is 0 Å². The zero-order chi connectivity index (χ0) is 19.3. The lowest BCUT2D eigenvalue weighted by Gasteiger charge is -2.28. The van der Waals surface area contributed by atoms with Crippen molar-refractivity contribution < 1.29 is 4.79 Å². The third-order valence-corrected chi connectivity index (χ3v) is 5.55. The molecule has 0 aliphatic carbocycles. The van der Waals surface area contributed by atoms with Crippen molar-refractivity contribution in [2.75, 3.05) is 26.7 Å². The number of hydrogen-bond donors (Lipinski definition) is 2. The van der Waals surface area contributed by atoms with Crippen LogP contribution in [0.3, 0.4) is 0 Å². The van der Waals surface area contributed by atoms with E-state index >= 15 is 0 Å². The van der Waals surface area contributed by atoms with Gasteiger partial charge in [-0.1, -0.05) is 61.8 Å². The minimum atomic E-state index is -0.0486. The number of nitrogens with one attached hydrogen (secondary N) is 2. The Bertz CT molecular complexity index is 663. The quantitative estimate of drug-likeness (QED) is 0.333. The van der Waals surface area contributed by atoms with Crippen molar-refractivity contribution in [1.29, 1.82) is 0 Å². The van der Waals surface area contributed by atoms with Crippen molar-refractivity contribution >= 4 is 51.8 Å². The number of carbonyl (C=O) groups is 1. The van der Waals surface area contributed by atoms with Crippen LogP contribution in [0.5, 0.6) is 0 Å². The Kier molecular flexibility index (Phi) is 9.54. The second-order valence-electron chi connectivity index (χ2n) is 7.86. The molecule has 27 heavy (non-hydrogen) atoms. The molecule has 7 heteroatoms. The van der Waals surface area contributed by atoms with Crippen molar-refractivity contribution in [2.24, 2.45) is 10.9 Å². The molecule has 2 N–H and O–H groups in total. The van der Waals surface area contributed by atoms with Gasteiger partial charge in [0.25, 0.3) is 0 Å². The zero-order valence-corrected chi connectivity index (χ0v) is 20.8. The molecule has 1 heterocycles. The molecule has 0 aromatic heterocycles. The molecule has 1 aromatic carbocycles. The number of likely N-dealkylation sites (tertiary alicyclic amines) is 1. The van der Waals surface area contributed by atoms with Crippen LogP contribution in [0.25, 0.3) is 0 Å². The van der Waals surface area contributed by atoms with Crippen LogP contribution in [0.4, 0.5) is 0 Å². The van der Waals surface area contributed by atoms with E-state index in [0.717, 1.165) is 36.5 Å². The lowest BCUT2D eigenvalue weighted by Crippen LogP contribution is -2.48. The molecule has 1 aromatic rings. The largest absolute Gasteiger partial charge is 0.356 e. The summed E-state index contributed by atoms with van der Waals surface area (Å²) in [5.74, 6) is 1.07. The van der Waals surface area contributed by atoms with Crippen LogP contribution in [0.2, 0.25) is 0 Å². The van der Waals surface area contributed by atoms with Gasteiger partial charge in [-0.15, -0.1) is 24.0 Å². The number of benzene rings is 1. The number of amides is 1. The molecule has 0 bridgehead atoms. The molecule has 0 radical (unpaired) electrons. The minimum absolute atomic E-state index is 0. The highest BCUT2D eigenvalue weighted by Crippen LogP contribution is 2.29. The zero-order valence-electron chi connectivity index (χ0n) is 16.9. The molecule has 5 nitrogen and oxygen atoms in total. The summed E-state index contributed by atoms with van der Waals surface area (Å²) < 4.78 is 1.12. The van der Waals surface area contributed by atoms with E-state index in [1.165, 1.54) is 5.56 Å². The van der Waals surface area contributed by atoms with Crippen molar-refractivity contribution in [3.05, 3.63) is 34.3 Å². The van der Waals surface area contributed by atoms with Gasteiger partial charge >= 0.3 is 0 Å². The first-order chi connectivity index (χ1) is 12.2. The summed E-state index contributed by atoms with van der Waals surface area (Å²) in [6, 6.07) is 8.56. The van der Waals surface area contributed by atoms with E-state index in [9.17, 15) is 4.79 Å². The number of guanidine groups is 1. The number of rotatable bonds is 5. The Morgan fingerprint density at radius 1 is 1.37 bits per heavy atom. The van der Waals surface area contributed by atoms with Crippen LogP contribution in [-0.2, 0) is 10.2 Å². The monoisotopic (exact) mass is 550 g/mol. The molecular formula is C20H32BrIN4O. The van der Waals surface area contributed by atoms with Gasteiger partial charge in [-0.2, -0.15) is 0 Å². The van der Waals surface area contributed by atoms with Crippen molar-refractivity contribution in [3.63, 3.8) is 0 Å². The van der Waals surface area contributed by atoms with Gasteiger partial charge in [-0.25, -0.2) is 0 Å². The Hall–Kier alpha value is -0.830. The van der Waals surface area contributed by atoms with Crippen LogP contribution >= 0.6 is 39.9 Å². The Morgan fingerprint density at radius 2 is 2.04 bits per heavy atom. The highest BCUT2D eigenvalue weighted by atomic mass is 127. The van der Waals surface area contributed by atoms with Gasteiger partial charge in [0.2, 0.25) is 5.91 Å². The maximum Gasteiger partial charge on any atom is 0.225 e. The second-order valence-corrected chi connectivity index (χ2v) is 8.71. The van der Waals surface area contributed by atoms with Gasteiger partial charge in [0.1, 0.15) is 0 Å². The van der Waals surface area contributed by atoms with Crippen LogP contribution in [0.1, 0.15) is 39.7 Å². The molecule has 1 aliphatic rings. The van der Waals surface area contributed by atoms with Gasteiger partial charge < -0.3 is 15.5 Å². The summed E-state index contributed by atoms with van der Waals surface area (Å²) in [5, 5.41) is 6.91. The SMILES string of the molecule is CN=C(NCC(C)(C)c1ccccc1Br)NC1CCN(C(=O)C(C)C)C1.I. The van der Waals surface area contributed by atoms with Crippen LogP contribution in [0, 0.1) is 5.92 Å². The number of carbonyl (C=O) groups excluding carboxylic acids is 1. The maximum absolute atomic E-state index is 12.1. The molecular weight excluding hydrogens is 519 g/mol. The van der Waals surface area contributed by atoms with Crippen LogP contribution in [-0.4, -0.2) is 49.5 Å². The lowest BCUT2D eigenvalue weighted by molar-refractivity contribution is -0.133. The predicted octanol–water partition coefficient (Wildman–Crippen LogP) is 3.77. The second kappa shape index (κ2) is 10.6. The molecule has 152 valence electrons. The fourth-order valence-electron chi connectivity index (χ4n) is 3.24. The molecule has 0 spiro atoms. The maximum atomic E-state index is 12.1. The van der Waals surface area contributed by atoms with E-state index < -0.39 is 0 Å². The van der Waals surface area contributed by atoms with Crippen molar-refractivity contribution in [2.45, 2.75) is 45.6 Å². The average Bonchev–Trinajstić information content (AvgIpc) is 3.06. The average molecular weight is 551 g/mol. The first kappa shape index (κ1) is 24.2. The van der Waals surface area contributed by atoms with E-state index in [0.29, 0.717) is 0 Å². The van der Waals surface area contributed by atoms with Gasteiger partial charge in [0, 0.05) is 48.5 Å². The fourth-order valence-corrected chi connectivity index (χ4v) is 4.06. The standard InChI is InChI=1S/C20H31BrN4O.HI/c1-14(2)18(26)25-11-10-15(12-25)24-19(22-5)23-13-20(3,4)16-8-6-7-9-17(16)21;/h6-9,14-15H,10-13H2,1-5H3,(H2,22,23,24);1H. The number of halogens is 2. The number of hydrogen-bond acceptors (Lipinski definition) is 2. The normalized spacial score (nSPS) is 17.7. The van der Waals surface area contributed by atoms with Gasteiger partial charge in [-0.3, -0.25) is 9.79 Å². The summed E-state index contributed by atoms with van der Waals surface area (Å²) in [6.07, 6.45) is 0.951. The van der Waals surface area contributed by atoms with Crippen LogP contribution < -0.4 is 10.6 Å². The van der Waals surface area contributed by atoms with E-state index in [-0.39, 0.29) is 47.3 Å². The first-order valence-electron chi connectivity index (χ1n) is 9.25. The highest BCUT2D eigenvalue weighted by molar-refractivity contribution is 14.0. The predicted molar refractivity (Wildman–Crippen MR) is 127 cm³/mol. The minimum Gasteiger partial charge on any atom is -0.356 e. The third-order valence-electron chi connectivity index (χ3n) is 4.86. The topological polar surface area (TPSA) is 56.7 Å². The summed E-state index contributed by atoms with van der Waals surface area (Å²) in [6.45, 7) is 10.6. The summed E-state index contributed by atoms with van der Waals surface area (Å²) in [7, 11) is 1.78. The number of aliphatic imine (C=N–C) groups is 1. The molecule has 1 atom stereocenters. The van der Waals surface area contributed by atoms with E-state index in [1.54, 1.807) is 7.05 Å². The highest BCUT2D eigenvalue weighted by Gasteiger charge is 2.28. The summed E-state index contributed by atoms with van der Waals surface area (Å²) in [5.41, 5.74) is 1.21. The lowest BCUT2D eigenvalue weighted by atomic mass is 9.84. The summed E-state index contributed by atoms with van der Waals surface area (Å²) in [4.78, 5) is 18.4. The fraction of sp³-hybridized carbons (Fsp3) is 0.600. The molecule has 1 fully saturated rings. The van der Waals surface area contributed by atoms with Gasteiger partial charge in [0.15, 0.2) is 5.96 Å². The first-order valence-corrected chi connectivity index (χ1v) is 10.0. The Labute approximate surface area is 188 Å². The van der Waals surface area contributed by atoms with Crippen LogP contribution in [0.15, 0.2) is 33.7 Å². The number of nitrogens with zero attached hydrogens (tertiary/aromatic N) is 2. The van der Waals surface area contributed by atoms with E-state index in [1.807, 2.05) is 24.8 Å². The van der Waals surface area contributed by atoms with Gasteiger partial charge in [0.05, 0.1) is 0 Å². The Morgan fingerprint density at radius 3 is 2.63 bits per heavy atom. The Balaban J connectivity index is 0.00000364. The molecule has 1 saturated heterocycles. The van der Waals surface area contributed by atoms with Gasteiger partial charge in [-0.05, 0) is 18.1 Å². The molecule has 2 rings (SSSR count). The molecule has 1 aliphatic heterocycles.